The van der Waals surface area contributed by atoms with Crippen LogP contribution in [0.15, 0.2) is 24.3 Å². The fraction of sp³-hybridized carbons (Fsp3) is 0.500. The first-order valence-electron chi connectivity index (χ1n) is 6.46. The van der Waals surface area contributed by atoms with Crippen LogP contribution < -0.4 is 10.1 Å². The van der Waals surface area contributed by atoms with E-state index in [1.807, 2.05) is 0 Å². The lowest BCUT2D eigenvalue weighted by molar-refractivity contribution is -0.484. The molecule has 0 heterocycles. The van der Waals surface area contributed by atoms with Gasteiger partial charge < -0.3 is 14.8 Å². The van der Waals surface area contributed by atoms with Crippen molar-refractivity contribution in [3.05, 3.63) is 39.9 Å². The molecule has 0 aromatic heterocycles. The van der Waals surface area contributed by atoms with Crippen LogP contribution in [0, 0.1) is 10.1 Å². The number of benzene rings is 1. The number of alkyl carbamates (subject to hydrolysis) is 1. The number of ether oxygens (including phenoxy) is 2. The number of hydrogen-bond donors (Lipinski definition) is 1. The van der Waals surface area contributed by atoms with Gasteiger partial charge in [0.2, 0.25) is 6.54 Å². The van der Waals surface area contributed by atoms with Gasteiger partial charge in [0.25, 0.3) is 0 Å². The summed E-state index contributed by atoms with van der Waals surface area (Å²) in [4.78, 5) is 22.1. The summed E-state index contributed by atoms with van der Waals surface area (Å²) in [5.41, 5.74) is -0.0885. The Labute approximate surface area is 123 Å². The summed E-state index contributed by atoms with van der Waals surface area (Å²) < 4.78 is 10.2. The van der Waals surface area contributed by atoms with Gasteiger partial charge in [0.15, 0.2) is 0 Å². The van der Waals surface area contributed by atoms with Crippen molar-refractivity contribution in [2.75, 3.05) is 13.7 Å². The molecule has 0 fully saturated rings. The van der Waals surface area contributed by atoms with E-state index in [2.05, 4.69) is 5.32 Å². The average molecular weight is 296 g/mol. The maximum absolute atomic E-state index is 11.8. The number of carbonyl (C=O) groups excluding carboxylic acids is 1. The molecule has 1 amide bonds. The Kier molecular flexibility index (Phi) is 5.52. The molecular formula is C14H20N2O5. The van der Waals surface area contributed by atoms with E-state index >= 15 is 0 Å². The molecule has 21 heavy (non-hydrogen) atoms. The smallest absolute Gasteiger partial charge is 0.408 e. The van der Waals surface area contributed by atoms with Crippen molar-refractivity contribution in [3.63, 3.8) is 0 Å². The van der Waals surface area contributed by atoms with Crippen LogP contribution in [0.3, 0.4) is 0 Å². The van der Waals surface area contributed by atoms with Crippen LogP contribution in [0.4, 0.5) is 4.79 Å². The molecule has 116 valence electrons. The predicted octanol–water partition coefficient (Wildman–Crippen LogP) is 2.54. The summed E-state index contributed by atoms with van der Waals surface area (Å²) in [6, 6.07) is 5.97. The largest absolute Gasteiger partial charge is 0.497 e. The summed E-state index contributed by atoms with van der Waals surface area (Å²) in [7, 11) is 1.50. The monoisotopic (exact) mass is 296 g/mol. The van der Waals surface area contributed by atoms with Crippen molar-refractivity contribution in [1.29, 1.82) is 0 Å². The number of amides is 1. The first-order chi connectivity index (χ1) is 9.71. The van der Waals surface area contributed by atoms with Gasteiger partial charge in [-0.15, -0.1) is 0 Å². The maximum atomic E-state index is 11.8. The van der Waals surface area contributed by atoms with E-state index in [9.17, 15) is 14.9 Å². The fourth-order valence-corrected chi connectivity index (χ4v) is 1.69. The Morgan fingerprint density at radius 2 is 2.10 bits per heavy atom. The lowest BCUT2D eigenvalue weighted by Gasteiger charge is -2.22. The van der Waals surface area contributed by atoms with Crippen molar-refractivity contribution in [2.45, 2.75) is 32.4 Å². The fourth-order valence-electron chi connectivity index (χ4n) is 1.69. The van der Waals surface area contributed by atoms with Gasteiger partial charge in [-0.1, -0.05) is 12.1 Å². The van der Waals surface area contributed by atoms with Gasteiger partial charge in [-0.3, -0.25) is 10.1 Å². The molecule has 1 N–H and O–H groups in total. The molecule has 1 rings (SSSR count). The molecule has 0 aliphatic carbocycles. The van der Waals surface area contributed by atoms with Crippen molar-refractivity contribution < 1.29 is 19.2 Å². The highest BCUT2D eigenvalue weighted by Gasteiger charge is 2.24. The molecule has 1 aromatic rings. The quantitative estimate of drug-likeness (QED) is 0.666. The topological polar surface area (TPSA) is 90.7 Å². The highest BCUT2D eigenvalue weighted by atomic mass is 16.6. The Hall–Kier alpha value is -2.31. The Morgan fingerprint density at radius 1 is 1.43 bits per heavy atom. The van der Waals surface area contributed by atoms with Crippen LogP contribution in [0.25, 0.3) is 0 Å². The molecule has 1 atom stereocenters. The summed E-state index contributed by atoms with van der Waals surface area (Å²) in [5.74, 6) is 0.562. The second-order valence-electron chi connectivity index (χ2n) is 5.49. The Balaban J connectivity index is 2.89. The van der Waals surface area contributed by atoms with E-state index in [0.717, 1.165) is 0 Å². The molecule has 0 bridgehead atoms. The highest BCUT2D eigenvalue weighted by molar-refractivity contribution is 5.68. The van der Waals surface area contributed by atoms with Crippen LogP contribution in [-0.4, -0.2) is 30.3 Å². The predicted molar refractivity (Wildman–Crippen MR) is 77.0 cm³/mol. The SMILES string of the molecule is COc1cccc([C@H](C[N+](=O)[O-])NC(=O)OC(C)(C)C)c1. The zero-order valence-electron chi connectivity index (χ0n) is 12.6. The Morgan fingerprint density at radius 3 is 2.62 bits per heavy atom. The van der Waals surface area contributed by atoms with Crippen LogP contribution in [-0.2, 0) is 4.74 Å². The van der Waals surface area contributed by atoms with E-state index in [0.29, 0.717) is 11.3 Å². The lowest BCUT2D eigenvalue weighted by Crippen LogP contribution is -2.37. The van der Waals surface area contributed by atoms with Crippen LogP contribution in [0.2, 0.25) is 0 Å². The molecule has 0 aliphatic heterocycles. The minimum absolute atomic E-state index is 0.438. The van der Waals surface area contributed by atoms with Crippen molar-refractivity contribution >= 4 is 6.09 Å². The van der Waals surface area contributed by atoms with Crippen molar-refractivity contribution in [2.24, 2.45) is 0 Å². The lowest BCUT2D eigenvalue weighted by atomic mass is 10.1. The molecule has 0 radical (unpaired) electrons. The van der Waals surface area contributed by atoms with Gasteiger partial charge in [0, 0.05) is 4.92 Å². The molecule has 1 aromatic carbocycles. The molecule has 7 nitrogen and oxygen atoms in total. The summed E-state index contributed by atoms with van der Waals surface area (Å²) in [6.45, 7) is 4.73. The number of carbonyl (C=O) groups is 1. The van der Waals surface area contributed by atoms with E-state index in [-0.39, 0.29) is 0 Å². The number of methoxy groups -OCH3 is 1. The van der Waals surface area contributed by atoms with Gasteiger partial charge >= 0.3 is 6.09 Å². The first kappa shape index (κ1) is 16.7. The summed E-state index contributed by atoms with van der Waals surface area (Å²) in [5, 5.41) is 13.3. The van der Waals surface area contributed by atoms with Crippen LogP contribution >= 0.6 is 0 Å². The standard InChI is InChI=1S/C14H20N2O5/c1-14(2,3)21-13(17)15-12(9-16(18)19)10-6-5-7-11(8-10)20-4/h5-8,12H,9H2,1-4H3,(H,15,17)/t12-/m0/s1. The third-order valence-electron chi connectivity index (χ3n) is 2.52. The van der Waals surface area contributed by atoms with Gasteiger partial charge in [-0.2, -0.15) is 0 Å². The van der Waals surface area contributed by atoms with Crippen LogP contribution in [0.1, 0.15) is 32.4 Å². The van der Waals surface area contributed by atoms with E-state index in [1.165, 1.54) is 7.11 Å². The molecule has 0 saturated heterocycles. The second-order valence-corrected chi connectivity index (χ2v) is 5.49. The third-order valence-corrected chi connectivity index (χ3v) is 2.52. The first-order valence-corrected chi connectivity index (χ1v) is 6.46. The van der Waals surface area contributed by atoms with Gasteiger partial charge in [0.05, 0.1) is 7.11 Å². The van der Waals surface area contributed by atoms with Gasteiger partial charge in [0.1, 0.15) is 17.4 Å². The average Bonchev–Trinajstić information content (AvgIpc) is 2.35. The zero-order valence-corrected chi connectivity index (χ0v) is 12.6. The number of hydrogen-bond acceptors (Lipinski definition) is 5. The van der Waals surface area contributed by atoms with Gasteiger partial charge in [-0.25, -0.2) is 4.79 Å². The van der Waals surface area contributed by atoms with Crippen molar-refractivity contribution in [3.8, 4) is 5.75 Å². The maximum Gasteiger partial charge on any atom is 0.408 e. The highest BCUT2D eigenvalue weighted by Crippen LogP contribution is 2.20. The van der Waals surface area contributed by atoms with Crippen molar-refractivity contribution in [1.82, 2.24) is 5.32 Å². The third kappa shape index (κ3) is 6.11. The zero-order chi connectivity index (χ0) is 16.0. The molecule has 0 aliphatic rings. The van der Waals surface area contributed by atoms with Gasteiger partial charge in [-0.05, 0) is 38.5 Å². The molecule has 0 spiro atoms. The number of nitro groups is 1. The normalized spacial score (nSPS) is 12.4. The van der Waals surface area contributed by atoms with E-state index < -0.39 is 29.2 Å². The molecule has 0 saturated carbocycles. The van der Waals surface area contributed by atoms with Crippen LogP contribution in [0.5, 0.6) is 5.75 Å². The van der Waals surface area contributed by atoms with E-state index in [4.69, 9.17) is 9.47 Å². The second kappa shape index (κ2) is 6.92. The Bertz CT molecular complexity index is 510. The molecular weight excluding hydrogens is 276 g/mol. The number of rotatable bonds is 5. The number of nitrogens with one attached hydrogen (secondary N) is 1. The summed E-state index contributed by atoms with van der Waals surface area (Å²) >= 11 is 0. The molecule has 0 unspecified atom stereocenters. The summed E-state index contributed by atoms with van der Waals surface area (Å²) in [6.07, 6.45) is -0.697. The number of nitrogens with zero attached hydrogens (tertiary/aromatic N) is 1. The minimum Gasteiger partial charge on any atom is -0.497 e. The minimum atomic E-state index is -0.787. The molecule has 7 heteroatoms. The van der Waals surface area contributed by atoms with E-state index in [1.54, 1.807) is 45.0 Å².